The van der Waals surface area contributed by atoms with Crippen molar-refractivity contribution in [1.82, 2.24) is 4.90 Å². The maximum atomic E-state index is 12.0. The number of hydrogen-bond acceptors (Lipinski definition) is 5. The molecule has 0 spiro atoms. The molecule has 5 heteroatoms. The Hall–Kier alpha value is -1.43. The molecule has 1 atom stereocenters. The zero-order chi connectivity index (χ0) is 17.0. The van der Waals surface area contributed by atoms with Crippen molar-refractivity contribution in [3.8, 4) is 0 Å². The number of nitrogens with zero attached hydrogens (tertiary/aromatic N) is 1. The van der Waals surface area contributed by atoms with Gasteiger partial charge in [0.25, 0.3) is 0 Å². The third-order valence-electron chi connectivity index (χ3n) is 3.96. The van der Waals surface area contributed by atoms with Gasteiger partial charge in [0.2, 0.25) is 0 Å². The predicted octanol–water partition coefficient (Wildman–Crippen LogP) is 1.98. The zero-order valence-electron chi connectivity index (χ0n) is 14.3. The van der Waals surface area contributed by atoms with Crippen LogP contribution in [0.3, 0.4) is 0 Å². The molecule has 1 saturated heterocycles. The topological polar surface area (TPSA) is 75.8 Å². The lowest BCUT2D eigenvalue weighted by atomic mass is 10.0. The van der Waals surface area contributed by atoms with Gasteiger partial charge in [-0.3, -0.25) is 4.90 Å². The minimum absolute atomic E-state index is 0.152. The van der Waals surface area contributed by atoms with E-state index in [0.717, 1.165) is 38.0 Å². The molecule has 3 N–H and O–H groups in total. The minimum Gasteiger partial charge on any atom is -0.459 e. The average molecular weight is 320 g/mol. The first-order valence-electron chi connectivity index (χ1n) is 8.22. The molecule has 23 heavy (non-hydrogen) atoms. The summed E-state index contributed by atoms with van der Waals surface area (Å²) in [5.74, 6) is -0.407. The molecule has 1 unspecified atom stereocenters. The van der Waals surface area contributed by atoms with Crippen LogP contribution in [0.4, 0.5) is 0 Å². The fourth-order valence-corrected chi connectivity index (χ4v) is 2.67. The number of rotatable bonds is 4. The second-order valence-electron chi connectivity index (χ2n) is 7.26. The zero-order valence-corrected chi connectivity index (χ0v) is 14.3. The number of esters is 1. The quantitative estimate of drug-likeness (QED) is 0.830. The fraction of sp³-hybridized carbons (Fsp3) is 0.611. The highest BCUT2D eigenvalue weighted by Gasteiger charge is 2.23. The van der Waals surface area contributed by atoms with Crippen LogP contribution in [-0.4, -0.2) is 40.8 Å². The average Bonchev–Trinajstić information content (AvgIpc) is 2.48. The first kappa shape index (κ1) is 17.9. The van der Waals surface area contributed by atoms with Gasteiger partial charge in [-0.15, -0.1) is 0 Å². The van der Waals surface area contributed by atoms with Crippen molar-refractivity contribution in [3.63, 3.8) is 0 Å². The molecule has 0 saturated carbocycles. The van der Waals surface area contributed by atoms with Gasteiger partial charge in [-0.2, -0.15) is 0 Å². The molecule has 0 aliphatic carbocycles. The predicted molar refractivity (Wildman–Crippen MR) is 89.7 cm³/mol. The SMILES string of the molecule is CC(C)(C)OC(=O)C(N)c1ccc(CN2CCC(O)CC2)cc1. The summed E-state index contributed by atoms with van der Waals surface area (Å²) in [6, 6.07) is 7.04. The first-order chi connectivity index (χ1) is 10.7. The smallest absolute Gasteiger partial charge is 0.328 e. The summed E-state index contributed by atoms with van der Waals surface area (Å²) in [6.07, 6.45) is 1.52. The number of carbonyl (C=O) groups excluding carboxylic acids is 1. The van der Waals surface area contributed by atoms with Crippen LogP contribution in [0.15, 0.2) is 24.3 Å². The molecule has 2 rings (SSSR count). The van der Waals surface area contributed by atoms with Crippen molar-refractivity contribution >= 4 is 5.97 Å². The van der Waals surface area contributed by atoms with Crippen molar-refractivity contribution in [1.29, 1.82) is 0 Å². The summed E-state index contributed by atoms with van der Waals surface area (Å²) >= 11 is 0. The molecule has 128 valence electrons. The summed E-state index contributed by atoms with van der Waals surface area (Å²) < 4.78 is 5.32. The van der Waals surface area contributed by atoms with Crippen LogP contribution in [0.2, 0.25) is 0 Å². The summed E-state index contributed by atoms with van der Waals surface area (Å²) in [5, 5.41) is 9.54. The summed E-state index contributed by atoms with van der Waals surface area (Å²) in [7, 11) is 0. The van der Waals surface area contributed by atoms with E-state index in [9.17, 15) is 9.90 Å². The first-order valence-corrected chi connectivity index (χ1v) is 8.22. The van der Waals surface area contributed by atoms with Gasteiger partial charge in [0.1, 0.15) is 11.6 Å². The molecular formula is C18H28N2O3. The van der Waals surface area contributed by atoms with E-state index in [2.05, 4.69) is 4.90 Å². The highest BCUT2D eigenvalue weighted by molar-refractivity contribution is 5.77. The molecule has 1 heterocycles. The largest absolute Gasteiger partial charge is 0.459 e. The summed E-state index contributed by atoms with van der Waals surface area (Å²) in [5.41, 5.74) is 7.39. The number of aliphatic hydroxyl groups is 1. The monoisotopic (exact) mass is 320 g/mol. The minimum atomic E-state index is -0.756. The van der Waals surface area contributed by atoms with Crippen LogP contribution in [0, 0.1) is 0 Å². The van der Waals surface area contributed by atoms with Gasteiger partial charge in [0.15, 0.2) is 0 Å². The molecule has 1 aromatic carbocycles. The fourth-order valence-electron chi connectivity index (χ4n) is 2.67. The van der Waals surface area contributed by atoms with Gasteiger partial charge in [-0.1, -0.05) is 24.3 Å². The molecule has 0 aromatic heterocycles. The van der Waals surface area contributed by atoms with Gasteiger partial charge in [-0.25, -0.2) is 4.79 Å². The number of ether oxygens (including phenoxy) is 1. The van der Waals surface area contributed by atoms with Gasteiger partial charge >= 0.3 is 5.97 Å². The van der Waals surface area contributed by atoms with E-state index >= 15 is 0 Å². The van der Waals surface area contributed by atoms with Crippen molar-refractivity contribution in [2.24, 2.45) is 5.73 Å². The van der Waals surface area contributed by atoms with Crippen LogP contribution in [0.25, 0.3) is 0 Å². The third-order valence-corrected chi connectivity index (χ3v) is 3.96. The van der Waals surface area contributed by atoms with Gasteiger partial charge in [0.05, 0.1) is 6.10 Å². The van der Waals surface area contributed by atoms with Crippen molar-refractivity contribution in [2.75, 3.05) is 13.1 Å². The van der Waals surface area contributed by atoms with Crippen LogP contribution in [-0.2, 0) is 16.1 Å². The Bertz CT molecular complexity index is 514. The van der Waals surface area contributed by atoms with Crippen molar-refractivity contribution < 1.29 is 14.6 Å². The lowest BCUT2D eigenvalue weighted by molar-refractivity contribution is -0.156. The number of carbonyl (C=O) groups is 1. The number of nitrogens with two attached hydrogens (primary N) is 1. The highest BCUT2D eigenvalue weighted by atomic mass is 16.6. The lowest BCUT2D eigenvalue weighted by Gasteiger charge is -2.29. The van der Waals surface area contributed by atoms with Crippen LogP contribution < -0.4 is 5.73 Å². The molecule has 0 amide bonds. The molecule has 5 nitrogen and oxygen atoms in total. The Morgan fingerprint density at radius 3 is 2.39 bits per heavy atom. The van der Waals surface area contributed by atoms with Gasteiger partial charge < -0.3 is 15.6 Å². The molecule has 0 radical (unpaired) electrons. The van der Waals surface area contributed by atoms with Gasteiger partial charge in [-0.05, 0) is 44.7 Å². The van der Waals surface area contributed by atoms with Crippen LogP contribution in [0.5, 0.6) is 0 Å². The Balaban J connectivity index is 1.92. The second kappa shape index (κ2) is 7.43. The van der Waals surface area contributed by atoms with E-state index in [1.807, 2.05) is 45.0 Å². The Kier molecular flexibility index (Phi) is 5.79. The van der Waals surface area contributed by atoms with Crippen molar-refractivity contribution in [3.05, 3.63) is 35.4 Å². The highest BCUT2D eigenvalue weighted by Crippen LogP contribution is 2.19. The Morgan fingerprint density at radius 2 is 1.87 bits per heavy atom. The second-order valence-corrected chi connectivity index (χ2v) is 7.26. The van der Waals surface area contributed by atoms with E-state index in [1.54, 1.807) is 0 Å². The number of hydrogen-bond donors (Lipinski definition) is 2. The molecular weight excluding hydrogens is 292 g/mol. The number of likely N-dealkylation sites (tertiary alicyclic amines) is 1. The van der Waals surface area contributed by atoms with E-state index in [1.165, 1.54) is 5.56 Å². The Labute approximate surface area is 138 Å². The van der Waals surface area contributed by atoms with Crippen LogP contribution in [0.1, 0.15) is 50.8 Å². The maximum Gasteiger partial charge on any atom is 0.328 e. The summed E-state index contributed by atoms with van der Waals surface area (Å²) in [4.78, 5) is 14.3. The summed E-state index contributed by atoms with van der Waals surface area (Å²) in [6.45, 7) is 8.18. The van der Waals surface area contributed by atoms with E-state index in [-0.39, 0.29) is 6.10 Å². The third kappa shape index (κ3) is 5.61. The molecule has 0 bridgehead atoms. The van der Waals surface area contributed by atoms with E-state index < -0.39 is 17.6 Å². The van der Waals surface area contributed by atoms with Crippen LogP contribution >= 0.6 is 0 Å². The molecule has 1 aliphatic rings. The number of benzene rings is 1. The maximum absolute atomic E-state index is 12.0. The number of aliphatic hydroxyl groups excluding tert-OH is 1. The number of piperidine rings is 1. The molecule has 1 fully saturated rings. The van der Waals surface area contributed by atoms with E-state index in [4.69, 9.17) is 10.5 Å². The lowest BCUT2D eigenvalue weighted by Crippen LogP contribution is -2.35. The standard InChI is InChI=1S/C18H28N2O3/c1-18(2,3)23-17(22)16(19)14-6-4-13(5-7-14)12-20-10-8-15(21)9-11-20/h4-7,15-16,21H,8-12,19H2,1-3H3. The van der Waals surface area contributed by atoms with Gasteiger partial charge in [0, 0.05) is 19.6 Å². The molecule has 1 aromatic rings. The molecule has 1 aliphatic heterocycles. The van der Waals surface area contributed by atoms with E-state index in [0.29, 0.717) is 0 Å². The Morgan fingerprint density at radius 1 is 1.30 bits per heavy atom. The normalized spacial score (nSPS) is 18.7. The van der Waals surface area contributed by atoms with Crippen molar-refractivity contribution in [2.45, 2.75) is 57.9 Å².